The van der Waals surface area contributed by atoms with Gasteiger partial charge < -0.3 is 9.47 Å². The summed E-state index contributed by atoms with van der Waals surface area (Å²) in [4.78, 5) is 11.7. The lowest BCUT2D eigenvalue weighted by Gasteiger charge is -2.59. The predicted octanol–water partition coefficient (Wildman–Crippen LogP) is 5.61. The third kappa shape index (κ3) is 2.60. The monoisotopic (exact) mass is 388 g/mol. The van der Waals surface area contributed by atoms with Gasteiger partial charge in [-0.25, -0.2) is 0 Å². The first kappa shape index (κ1) is 19.4. The molecule has 1 saturated heterocycles. The van der Waals surface area contributed by atoms with E-state index in [-0.39, 0.29) is 5.97 Å². The molecule has 0 N–H and O–H groups in total. The molecule has 4 aliphatic carbocycles. The van der Waals surface area contributed by atoms with Gasteiger partial charge in [-0.2, -0.15) is 0 Å². The molecule has 0 unspecified atom stereocenters. The molecule has 28 heavy (non-hydrogen) atoms. The highest BCUT2D eigenvalue weighted by molar-refractivity contribution is 5.69. The van der Waals surface area contributed by atoms with E-state index in [0.29, 0.717) is 41.3 Å². The highest BCUT2D eigenvalue weighted by Crippen LogP contribution is 2.73. The molecular weight excluding hydrogens is 348 g/mol. The number of methoxy groups -OCH3 is 1. The Bertz CT molecular complexity index is 631. The van der Waals surface area contributed by atoms with Crippen molar-refractivity contribution in [2.45, 2.75) is 97.2 Å². The van der Waals surface area contributed by atoms with E-state index in [1.54, 1.807) is 0 Å². The van der Waals surface area contributed by atoms with Crippen LogP contribution in [0.25, 0.3) is 0 Å². The van der Waals surface area contributed by atoms with Crippen molar-refractivity contribution in [3.05, 3.63) is 0 Å². The Morgan fingerprint density at radius 2 is 1.96 bits per heavy atom. The number of rotatable bonds is 4. The van der Waals surface area contributed by atoms with Crippen molar-refractivity contribution in [1.29, 1.82) is 0 Å². The van der Waals surface area contributed by atoms with Gasteiger partial charge >= 0.3 is 5.97 Å². The summed E-state index contributed by atoms with van der Waals surface area (Å²) in [5.74, 6) is 4.72. The van der Waals surface area contributed by atoms with Crippen molar-refractivity contribution >= 4 is 5.97 Å². The molecule has 0 spiro atoms. The van der Waals surface area contributed by atoms with Crippen LogP contribution >= 0.6 is 0 Å². The minimum atomic E-state index is -0.0562. The minimum Gasteiger partial charge on any atom is -0.469 e. The molecule has 1 heterocycles. The summed E-state index contributed by atoms with van der Waals surface area (Å²) in [6, 6.07) is 0. The standard InChI is InChI=1S/C25H40O3/c1-15(8-13-20(26)27-4)18-11-12-19-17-10-9-16-7-5-6-14-24(16,2)21(17)22-23(28-22)25(18,19)3/h15-19,21-23H,5-14H2,1-4H3/t15-,16-,17-,18+,19-,21+,22-,23-,24+,25-/m1/s1. The summed E-state index contributed by atoms with van der Waals surface area (Å²) in [6.07, 6.45) is 14.0. The van der Waals surface area contributed by atoms with Crippen LogP contribution in [0, 0.1) is 46.3 Å². The van der Waals surface area contributed by atoms with E-state index in [2.05, 4.69) is 20.8 Å². The maximum Gasteiger partial charge on any atom is 0.305 e. The van der Waals surface area contributed by atoms with Gasteiger partial charge in [-0.3, -0.25) is 4.79 Å². The Morgan fingerprint density at radius 3 is 2.75 bits per heavy atom. The Morgan fingerprint density at radius 1 is 1.14 bits per heavy atom. The number of epoxide rings is 1. The zero-order chi connectivity index (χ0) is 19.7. The van der Waals surface area contributed by atoms with E-state index in [1.165, 1.54) is 58.5 Å². The second-order valence-corrected chi connectivity index (χ2v) is 11.5. The summed E-state index contributed by atoms with van der Waals surface area (Å²) in [5, 5.41) is 0. The van der Waals surface area contributed by atoms with Crippen LogP contribution in [0.15, 0.2) is 0 Å². The van der Waals surface area contributed by atoms with Crippen molar-refractivity contribution in [3.8, 4) is 0 Å². The molecule has 0 amide bonds. The topological polar surface area (TPSA) is 38.8 Å². The molecule has 5 aliphatic rings. The number of carbonyl (C=O) groups excluding carboxylic acids is 1. The van der Waals surface area contributed by atoms with Crippen LogP contribution in [0.2, 0.25) is 0 Å². The number of hydrogen-bond acceptors (Lipinski definition) is 3. The summed E-state index contributed by atoms with van der Waals surface area (Å²) in [6.45, 7) is 7.59. The summed E-state index contributed by atoms with van der Waals surface area (Å²) in [5.41, 5.74) is 0.871. The Hall–Kier alpha value is -0.570. The van der Waals surface area contributed by atoms with Gasteiger partial charge in [-0.15, -0.1) is 0 Å². The second kappa shape index (κ2) is 6.72. The lowest BCUT2D eigenvalue weighted by molar-refractivity contribution is -0.141. The van der Waals surface area contributed by atoms with Crippen LogP contribution < -0.4 is 0 Å². The lowest BCUT2D eigenvalue weighted by Crippen LogP contribution is -2.56. The van der Waals surface area contributed by atoms with E-state index in [4.69, 9.17) is 9.47 Å². The molecular formula is C25H40O3. The quantitative estimate of drug-likeness (QED) is 0.464. The number of hydrogen-bond donors (Lipinski definition) is 0. The van der Waals surface area contributed by atoms with Gasteiger partial charge in [0.2, 0.25) is 0 Å². The fraction of sp³-hybridized carbons (Fsp3) is 0.960. The molecule has 158 valence electrons. The SMILES string of the molecule is COC(=O)CC[C@@H](C)[C@@H]1CC[C@@H]2[C@H]3CC[C@H]4CCCC[C@]4(C)[C@@H]3[C@H]3O[C@H]3[C@@]21C. The first-order chi connectivity index (χ1) is 13.4. The van der Waals surface area contributed by atoms with E-state index >= 15 is 0 Å². The Kier molecular flexibility index (Phi) is 4.66. The van der Waals surface area contributed by atoms with Crippen molar-refractivity contribution in [2.75, 3.05) is 7.11 Å². The van der Waals surface area contributed by atoms with E-state index in [0.717, 1.165) is 30.1 Å². The molecule has 0 aromatic carbocycles. The number of carbonyl (C=O) groups is 1. The van der Waals surface area contributed by atoms with Gasteiger partial charge in [0.05, 0.1) is 19.3 Å². The van der Waals surface area contributed by atoms with Crippen LogP contribution in [-0.2, 0) is 14.3 Å². The smallest absolute Gasteiger partial charge is 0.305 e. The third-order valence-electron chi connectivity index (χ3n) is 10.6. The Labute approximate surface area is 171 Å². The molecule has 5 rings (SSSR count). The minimum absolute atomic E-state index is 0.0562. The molecule has 0 radical (unpaired) electrons. The largest absolute Gasteiger partial charge is 0.469 e. The van der Waals surface area contributed by atoms with Gasteiger partial charge in [-0.05, 0) is 85.9 Å². The average molecular weight is 389 g/mol. The maximum atomic E-state index is 11.7. The fourth-order valence-corrected chi connectivity index (χ4v) is 9.27. The average Bonchev–Trinajstić information content (AvgIpc) is 3.41. The molecule has 10 atom stereocenters. The molecule has 0 bridgehead atoms. The van der Waals surface area contributed by atoms with Crippen LogP contribution in [0.4, 0.5) is 0 Å². The Balaban J connectivity index is 1.38. The van der Waals surface area contributed by atoms with Gasteiger partial charge in [0, 0.05) is 11.8 Å². The molecule has 0 aromatic rings. The van der Waals surface area contributed by atoms with Crippen LogP contribution in [0.5, 0.6) is 0 Å². The van der Waals surface area contributed by atoms with Crippen LogP contribution in [0.3, 0.4) is 0 Å². The predicted molar refractivity (Wildman–Crippen MR) is 110 cm³/mol. The highest BCUT2D eigenvalue weighted by atomic mass is 16.6. The summed E-state index contributed by atoms with van der Waals surface area (Å²) < 4.78 is 11.5. The fourth-order valence-electron chi connectivity index (χ4n) is 9.27. The summed E-state index contributed by atoms with van der Waals surface area (Å²) in [7, 11) is 1.51. The first-order valence-corrected chi connectivity index (χ1v) is 12.1. The first-order valence-electron chi connectivity index (χ1n) is 12.1. The molecule has 1 aliphatic heterocycles. The highest BCUT2D eigenvalue weighted by Gasteiger charge is 2.73. The summed E-state index contributed by atoms with van der Waals surface area (Å²) >= 11 is 0. The molecule has 0 aromatic heterocycles. The normalized spacial score (nSPS) is 52.6. The lowest BCUT2D eigenvalue weighted by atomic mass is 9.44. The maximum absolute atomic E-state index is 11.7. The van der Waals surface area contributed by atoms with Crippen molar-refractivity contribution in [3.63, 3.8) is 0 Å². The van der Waals surface area contributed by atoms with Crippen LogP contribution in [-0.4, -0.2) is 25.3 Å². The van der Waals surface area contributed by atoms with Gasteiger partial charge in [-0.1, -0.05) is 33.6 Å². The number of esters is 1. The second-order valence-electron chi connectivity index (χ2n) is 11.5. The molecule has 4 saturated carbocycles. The van der Waals surface area contributed by atoms with Gasteiger partial charge in [0.15, 0.2) is 0 Å². The molecule has 3 heteroatoms. The van der Waals surface area contributed by atoms with Crippen molar-refractivity contribution in [2.24, 2.45) is 46.3 Å². The molecule has 5 fully saturated rings. The van der Waals surface area contributed by atoms with E-state index in [9.17, 15) is 4.79 Å². The number of ether oxygens (including phenoxy) is 2. The van der Waals surface area contributed by atoms with Crippen molar-refractivity contribution < 1.29 is 14.3 Å². The third-order valence-corrected chi connectivity index (χ3v) is 10.6. The van der Waals surface area contributed by atoms with E-state index in [1.807, 2.05) is 0 Å². The van der Waals surface area contributed by atoms with Crippen LogP contribution in [0.1, 0.15) is 85.0 Å². The zero-order valence-electron chi connectivity index (χ0n) is 18.4. The van der Waals surface area contributed by atoms with Gasteiger partial charge in [0.25, 0.3) is 0 Å². The van der Waals surface area contributed by atoms with Crippen molar-refractivity contribution in [1.82, 2.24) is 0 Å². The number of fused-ring (bicyclic) bond motifs is 8. The zero-order valence-corrected chi connectivity index (χ0v) is 18.4. The van der Waals surface area contributed by atoms with E-state index < -0.39 is 0 Å². The molecule has 3 nitrogen and oxygen atoms in total. The van der Waals surface area contributed by atoms with Gasteiger partial charge in [0.1, 0.15) is 0 Å².